The number of hydrogen-bond donors (Lipinski definition) is 3. The molecular formula is C17H18BrN5OS. The molecule has 0 aliphatic carbocycles. The Morgan fingerprint density at radius 2 is 1.88 bits per heavy atom. The van der Waals surface area contributed by atoms with Crippen LogP contribution >= 0.6 is 28.1 Å². The molecule has 0 saturated carbocycles. The fourth-order valence-corrected chi connectivity index (χ4v) is 2.57. The lowest BCUT2D eigenvalue weighted by Gasteiger charge is -2.12. The van der Waals surface area contributed by atoms with Crippen LogP contribution in [0, 0.1) is 0 Å². The molecule has 2 rings (SSSR count). The summed E-state index contributed by atoms with van der Waals surface area (Å²) in [6.07, 6.45) is 0. The molecule has 0 unspecified atom stereocenters. The van der Waals surface area contributed by atoms with Gasteiger partial charge in [0, 0.05) is 35.5 Å². The van der Waals surface area contributed by atoms with Crippen molar-refractivity contribution in [1.82, 2.24) is 5.32 Å². The molecule has 0 spiro atoms. The van der Waals surface area contributed by atoms with Gasteiger partial charge in [-0.05, 0) is 54.7 Å². The smallest absolute Gasteiger partial charge is 0.257 e. The van der Waals surface area contributed by atoms with Gasteiger partial charge in [0.15, 0.2) is 0 Å². The number of benzene rings is 2. The molecule has 4 N–H and O–H groups in total. The summed E-state index contributed by atoms with van der Waals surface area (Å²) in [5.74, 6) is -0.425. The van der Waals surface area contributed by atoms with Crippen molar-refractivity contribution in [2.24, 2.45) is 10.7 Å². The van der Waals surface area contributed by atoms with Crippen LogP contribution in [-0.4, -0.2) is 31.1 Å². The first-order chi connectivity index (χ1) is 11.8. The van der Waals surface area contributed by atoms with E-state index in [-0.39, 0.29) is 17.0 Å². The predicted octanol–water partition coefficient (Wildman–Crippen LogP) is 2.96. The summed E-state index contributed by atoms with van der Waals surface area (Å²) in [5.41, 5.74) is 7.99. The minimum Gasteiger partial charge on any atom is -0.378 e. The first-order valence-electron chi connectivity index (χ1n) is 7.34. The van der Waals surface area contributed by atoms with Crippen LogP contribution in [0.1, 0.15) is 10.4 Å². The number of aliphatic imine (C=N–C) groups is 1. The number of rotatable bonds is 3. The van der Waals surface area contributed by atoms with Gasteiger partial charge in [0.25, 0.3) is 5.91 Å². The summed E-state index contributed by atoms with van der Waals surface area (Å²) in [5, 5.41) is 5.59. The van der Waals surface area contributed by atoms with Crippen LogP contribution in [0.25, 0.3) is 0 Å². The third-order valence-electron chi connectivity index (χ3n) is 3.19. The highest BCUT2D eigenvalue weighted by Gasteiger charge is 2.08. The van der Waals surface area contributed by atoms with Crippen molar-refractivity contribution < 1.29 is 4.79 Å². The van der Waals surface area contributed by atoms with Crippen LogP contribution in [-0.2, 0) is 0 Å². The maximum atomic E-state index is 12.2. The van der Waals surface area contributed by atoms with Gasteiger partial charge in [0.2, 0.25) is 11.1 Å². The zero-order valence-electron chi connectivity index (χ0n) is 13.8. The molecule has 0 aliphatic rings. The van der Waals surface area contributed by atoms with Crippen molar-refractivity contribution in [2.45, 2.75) is 0 Å². The van der Waals surface area contributed by atoms with Gasteiger partial charge in [-0.3, -0.25) is 10.1 Å². The number of nitrogens with zero attached hydrogens (tertiary/aromatic N) is 2. The number of halogens is 1. The number of guanidine groups is 1. The minimum absolute atomic E-state index is 0.0748. The average Bonchev–Trinajstić information content (AvgIpc) is 2.54. The van der Waals surface area contributed by atoms with E-state index in [0.29, 0.717) is 5.56 Å². The topological polar surface area (TPSA) is 82.8 Å². The predicted molar refractivity (Wildman–Crippen MR) is 110 cm³/mol. The molecule has 0 atom stereocenters. The summed E-state index contributed by atoms with van der Waals surface area (Å²) in [6, 6.07) is 14.6. The molecule has 0 saturated heterocycles. The van der Waals surface area contributed by atoms with Gasteiger partial charge in [-0.15, -0.1) is 0 Å². The van der Waals surface area contributed by atoms with E-state index >= 15 is 0 Å². The van der Waals surface area contributed by atoms with E-state index in [4.69, 9.17) is 18.0 Å². The number of amides is 1. The summed E-state index contributed by atoms with van der Waals surface area (Å²) >= 11 is 8.49. The van der Waals surface area contributed by atoms with Crippen molar-refractivity contribution >= 4 is 56.5 Å². The molecule has 6 nitrogen and oxygen atoms in total. The molecule has 0 fully saturated rings. The van der Waals surface area contributed by atoms with E-state index in [1.54, 1.807) is 12.1 Å². The zero-order chi connectivity index (χ0) is 18.4. The van der Waals surface area contributed by atoms with Crippen molar-refractivity contribution in [3.8, 4) is 0 Å². The number of nitrogens with one attached hydrogen (secondary N) is 2. The normalized spacial score (nSPS) is 10.9. The molecule has 1 amide bonds. The van der Waals surface area contributed by atoms with E-state index in [2.05, 4.69) is 31.6 Å². The minimum atomic E-state index is -0.350. The lowest BCUT2D eigenvalue weighted by molar-refractivity contribution is 0.0976. The Morgan fingerprint density at radius 3 is 2.48 bits per heavy atom. The van der Waals surface area contributed by atoms with Crippen LogP contribution in [0.15, 0.2) is 58.0 Å². The zero-order valence-corrected chi connectivity index (χ0v) is 16.2. The van der Waals surface area contributed by atoms with Crippen molar-refractivity contribution in [3.63, 3.8) is 0 Å². The monoisotopic (exact) mass is 419 g/mol. The molecule has 0 aliphatic heterocycles. The van der Waals surface area contributed by atoms with E-state index in [9.17, 15) is 4.79 Å². The summed E-state index contributed by atoms with van der Waals surface area (Å²) in [7, 11) is 3.86. The van der Waals surface area contributed by atoms with Crippen molar-refractivity contribution in [2.75, 3.05) is 24.3 Å². The highest BCUT2D eigenvalue weighted by Crippen LogP contribution is 2.15. The van der Waals surface area contributed by atoms with Crippen LogP contribution in [0.2, 0.25) is 0 Å². The van der Waals surface area contributed by atoms with Gasteiger partial charge in [0.1, 0.15) is 0 Å². The molecule has 0 aromatic heterocycles. The number of thiocarbonyl (C=S) groups is 1. The van der Waals surface area contributed by atoms with Gasteiger partial charge >= 0.3 is 0 Å². The molecule has 2 aromatic rings. The van der Waals surface area contributed by atoms with Crippen LogP contribution in [0.4, 0.5) is 11.4 Å². The highest BCUT2D eigenvalue weighted by molar-refractivity contribution is 9.10. The van der Waals surface area contributed by atoms with E-state index in [1.807, 2.05) is 55.4 Å². The third-order valence-corrected chi connectivity index (χ3v) is 3.87. The maximum Gasteiger partial charge on any atom is 0.257 e. The van der Waals surface area contributed by atoms with E-state index < -0.39 is 0 Å². The van der Waals surface area contributed by atoms with Gasteiger partial charge in [-0.2, -0.15) is 4.99 Å². The molecule has 0 heterocycles. The number of carbonyl (C=O) groups excluding carboxylic acids is 1. The lowest BCUT2D eigenvalue weighted by atomic mass is 10.2. The van der Waals surface area contributed by atoms with Crippen molar-refractivity contribution in [3.05, 3.63) is 58.6 Å². The van der Waals surface area contributed by atoms with Gasteiger partial charge in [0.05, 0.1) is 0 Å². The standard InChI is InChI=1S/C17H18BrN5OS/c1-23(2)14-8-6-11(7-9-14)15(24)21-16(19)22-17(25)20-13-5-3-4-12(18)10-13/h3-10H,1-2H3,(H4,19,20,21,22,24,25). The quantitative estimate of drug-likeness (QED) is 0.404. The third kappa shape index (κ3) is 5.84. The molecule has 2 aromatic carbocycles. The Labute approximate surface area is 160 Å². The fraction of sp³-hybridized carbons (Fsp3) is 0.118. The molecule has 0 bridgehead atoms. The Morgan fingerprint density at radius 1 is 1.20 bits per heavy atom. The van der Waals surface area contributed by atoms with E-state index in [1.165, 1.54) is 0 Å². The Bertz CT molecular complexity index is 805. The molecular weight excluding hydrogens is 402 g/mol. The average molecular weight is 420 g/mol. The van der Waals surface area contributed by atoms with Crippen molar-refractivity contribution in [1.29, 1.82) is 0 Å². The summed E-state index contributed by atoms with van der Waals surface area (Å²) < 4.78 is 0.909. The molecule has 130 valence electrons. The second kappa shape index (κ2) is 8.59. The maximum absolute atomic E-state index is 12.2. The Hall–Kier alpha value is -2.45. The summed E-state index contributed by atoms with van der Waals surface area (Å²) in [6.45, 7) is 0. The summed E-state index contributed by atoms with van der Waals surface area (Å²) in [4.78, 5) is 18.1. The van der Waals surface area contributed by atoms with Crippen LogP contribution < -0.4 is 21.3 Å². The largest absolute Gasteiger partial charge is 0.378 e. The number of carbonyl (C=O) groups is 1. The van der Waals surface area contributed by atoms with Gasteiger partial charge < -0.3 is 16.0 Å². The van der Waals surface area contributed by atoms with Gasteiger partial charge in [-0.25, -0.2) is 0 Å². The Balaban J connectivity index is 1.97. The van der Waals surface area contributed by atoms with Crippen LogP contribution in [0.5, 0.6) is 0 Å². The molecule has 0 radical (unpaired) electrons. The fourth-order valence-electron chi connectivity index (χ4n) is 1.95. The van der Waals surface area contributed by atoms with Gasteiger partial charge in [-0.1, -0.05) is 22.0 Å². The molecule has 8 heteroatoms. The van der Waals surface area contributed by atoms with Crippen LogP contribution in [0.3, 0.4) is 0 Å². The highest BCUT2D eigenvalue weighted by atomic mass is 79.9. The van der Waals surface area contributed by atoms with E-state index in [0.717, 1.165) is 15.8 Å². The number of hydrogen-bond acceptors (Lipinski definition) is 3. The second-order valence-electron chi connectivity index (χ2n) is 5.33. The first kappa shape index (κ1) is 18.9. The first-order valence-corrected chi connectivity index (χ1v) is 8.55. The number of nitrogens with two attached hydrogens (primary N) is 1. The lowest BCUT2D eigenvalue weighted by Crippen LogP contribution is -2.37. The SMILES string of the molecule is CN(C)c1ccc(C(=O)N/C(N)=N/C(=S)Nc2cccc(Br)c2)cc1. The molecule has 25 heavy (non-hydrogen) atoms. The second-order valence-corrected chi connectivity index (χ2v) is 6.64. The number of anilines is 2. The Kier molecular flexibility index (Phi) is 6.49.